The monoisotopic (exact) mass is 360 g/mol. The fourth-order valence-electron chi connectivity index (χ4n) is 3.03. The molecular weight excluding hydrogens is 347 g/mol. The molecule has 132 valence electrons. The number of rotatable bonds is 3. The van der Waals surface area contributed by atoms with Crippen molar-refractivity contribution in [3.05, 3.63) is 95.3 Å². The molecule has 1 heterocycles. The van der Waals surface area contributed by atoms with Crippen molar-refractivity contribution in [1.29, 1.82) is 0 Å². The molecule has 6 heteroatoms. The fraction of sp³-hybridized carbons (Fsp3) is 0. The van der Waals surface area contributed by atoms with E-state index in [4.69, 9.17) is 0 Å². The van der Waals surface area contributed by atoms with E-state index in [0.717, 1.165) is 11.0 Å². The highest BCUT2D eigenvalue weighted by atomic mass is 19.1. The lowest BCUT2D eigenvalue weighted by Crippen LogP contribution is -2.29. The van der Waals surface area contributed by atoms with Crippen LogP contribution in [0.5, 0.6) is 0 Å². The van der Waals surface area contributed by atoms with E-state index >= 15 is 0 Å². The van der Waals surface area contributed by atoms with Gasteiger partial charge in [-0.15, -0.1) is 0 Å². The highest BCUT2D eigenvalue weighted by Crippen LogP contribution is 2.33. The Labute approximate surface area is 154 Å². The molecule has 0 aliphatic carbocycles. The van der Waals surface area contributed by atoms with E-state index in [9.17, 15) is 18.8 Å². The third-order valence-corrected chi connectivity index (χ3v) is 4.26. The molecule has 3 aromatic carbocycles. The van der Waals surface area contributed by atoms with Crippen molar-refractivity contribution >= 4 is 29.1 Å². The molecule has 0 spiro atoms. The van der Waals surface area contributed by atoms with Crippen LogP contribution in [0.2, 0.25) is 0 Å². The molecule has 5 nitrogen and oxygen atoms in total. The summed E-state index contributed by atoms with van der Waals surface area (Å²) in [4.78, 5) is 39.1. The van der Waals surface area contributed by atoms with Crippen molar-refractivity contribution < 1.29 is 18.8 Å². The van der Waals surface area contributed by atoms with Crippen molar-refractivity contribution in [3.8, 4) is 0 Å². The van der Waals surface area contributed by atoms with Gasteiger partial charge in [-0.3, -0.25) is 14.4 Å². The minimum absolute atomic E-state index is 0.115. The molecule has 0 fully saturated rings. The molecule has 1 aliphatic heterocycles. The van der Waals surface area contributed by atoms with Gasteiger partial charge in [-0.2, -0.15) is 0 Å². The number of carbonyl (C=O) groups is 3. The van der Waals surface area contributed by atoms with Crippen LogP contribution in [-0.4, -0.2) is 17.7 Å². The molecule has 0 atom stereocenters. The lowest BCUT2D eigenvalue weighted by molar-refractivity contribution is 0.0926. The van der Waals surface area contributed by atoms with E-state index < -0.39 is 23.5 Å². The Hall–Kier alpha value is -3.80. The number of benzene rings is 3. The van der Waals surface area contributed by atoms with Gasteiger partial charge in [0.25, 0.3) is 17.7 Å². The van der Waals surface area contributed by atoms with Crippen molar-refractivity contribution in [1.82, 2.24) is 0 Å². The van der Waals surface area contributed by atoms with Gasteiger partial charge >= 0.3 is 0 Å². The van der Waals surface area contributed by atoms with Crippen LogP contribution in [-0.2, 0) is 0 Å². The van der Waals surface area contributed by atoms with Crippen LogP contribution in [0.25, 0.3) is 0 Å². The average molecular weight is 360 g/mol. The third-order valence-electron chi connectivity index (χ3n) is 4.26. The van der Waals surface area contributed by atoms with E-state index in [2.05, 4.69) is 5.32 Å². The lowest BCUT2D eigenvalue weighted by atomic mass is 10.1. The van der Waals surface area contributed by atoms with Crippen molar-refractivity contribution in [2.24, 2.45) is 0 Å². The molecule has 0 bridgehead atoms. The second-order valence-electron chi connectivity index (χ2n) is 5.97. The second kappa shape index (κ2) is 6.49. The number of fused-ring (bicyclic) bond motifs is 1. The van der Waals surface area contributed by atoms with E-state index in [0.29, 0.717) is 5.69 Å². The summed E-state index contributed by atoms with van der Waals surface area (Å²) in [6.07, 6.45) is 0. The van der Waals surface area contributed by atoms with Gasteiger partial charge in [-0.1, -0.05) is 30.3 Å². The zero-order valence-electron chi connectivity index (χ0n) is 14.0. The number of carbonyl (C=O) groups excluding carboxylic acids is 3. The number of amides is 3. The number of anilines is 2. The predicted molar refractivity (Wildman–Crippen MR) is 98.4 cm³/mol. The molecule has 3 aromatic rings. The molecule has 0 radical (unpaired) electrons. The lowest BCUT2D eigenvalue weighted by Gasteiger charge is -2.13. The van der Waals surface area contributed by atoms with Gasteiger partial charge in [0, 0.05) is 5.56 Å². The summed E-state index contributed by atoms with van der Waals surface area (Å²) in [5.41, 5.74) is 1.10. The summed E-state index contributed by atoms with van der Waals surface area (Å²) in [6, 6.07) is 18.4. The molecular formula is C21H13FN2O3. The number of para-hydroxylation sites is 1. The van der Waals surface area contributed by atoms with Crippen LogP contribution in [0.1, 0.15) is 31.1 Å². The Morgan fingerprint density at radius 3 is 2.33 bits per heavy atom. The topological polar surface area (TPSA) is 66.5 Å². The van der Waals surface area contributed by atoms with Crippen LogP contribution >= 0.6 is 0 Å². The maximum atomic E-state index is 13.4. The largest absolute Gasteiger partial charge is 0.321 e. The molecule has 1 N–H and O–H groups in total. The van der Waals surface area contributed by atoms with Gasteiger partial charge in [0.2, 0.25) is 0 Å². The van der Waals surface area contributed by atoms with Crippen LogP contribution in [0, 0.1) is 5.82 Å². The SMILES string of the molecule is O=C(Nc1cccc2c1C(=O)N(c1ccccc1)C2=O)c1cccc(F)c1. The molecule has 0 saturated heterocycles. The number of hydrogen-bond acceptors (Lipinski definition) is 3. The number of halogens is 1. The first-order chi connectivity index (χ1) is 13.1. The maximum Gasteiger partial charge on any atom is 0.268 e. The summed E-state index contributed by atoms with van der Waals surface area (Å²) < 4.78 is 13.4. The standard InChI is InChI=1S/C21H13FN2O3/c22-14-7-4-6-13(12-14)19(25)23-17-11-5-10-16-18(17)21(27)24(20(16)26)15-8-2-1-3-9-15/h1-12H,(H,23,25). The molecule has 27 heavy (non-hydrogen) atoms. The Bertz CT molecular complexity index is 1080. The van der Waals surface area contributed by atoms with Crippen molar-refractivity contribution in [2.45, 2.75) is 0 Å². The number of imide groups is 1. The average Bonchev–Trinajstić information content (AvgIpc) is 2.94. The van der Waals surface area contributed by atoms with Gasteiger partial charge < -0.3 is 5.32 Å². The highest BCUT2D eigenvalue weighted by Gasteiger charge is 2.38. The third kappa shape index (κ3) is 2.87. The zero-order chi connectivity index (χ0) is 19.0. The van der Waals surface area contributed by atoms with Crippen molar-refractivity contribution in [3.63, 3.8) is 0 Å². The van der Waals surface area contributed by atoms with Crippen LogP contribution < -0.4 is 10.2 Å². The normalized spacial score (nSPS) is 12.9. The Balaban J connectivity index is 1.71. The predicted octanol–water partition coefficient (Wildman–Crippen LogP) is 3.88. The van der Waals surface area contributed by atoms with E-state index in [1.165, 1.54) is 30.3 Å². The maximum absolute atomic E-state index is 13.4. The minimum Gasteiger partial charge on any atom is -0.321 e. The van der Waals surface area contributed by atoms with E-state index in [1.807, 2.05) is 0 Å². The molecule has 0 saturated carbocycles. The van der Waals surface area contributed by atoms with Gasteiger partial charge in [0.15, 0.2) is 0 Å². The quantitative estimate of drug-likeness (QED) is 0.721. The number of nitrogens with zero attached hydrogens (tertiary/aromatic N) is 1. The van der Waals surface area contributed by atoms with Crippen molar-refractivity contribution in [2.75, 3.05) is 10.2 Å². The van der Waals surface area contributed by atoms with Crippen LogP contribution in [0.15, 0.2) is 72.8 Å². The van der Waals surface area contributed by atoms with E-state index in [1.54, 1.807) is 36.4 Å². The first-order valence-electron chi connectivity index (χ1n) is 8.20. The van der Waals surface area contributed by atoms with Gasteiger partial charge in [0.1, 0.15) is 5.82 Å². The summed E-state index contributed by atoms with van der Waals surface area (Å²) in [5.74, 6) is -2.08. The molecule has 4 rings (SSSR count). The van der Waals surface area contributed by atoms with Crippen LogP contribution in [0.4, 0.5) is 15.8 Å². The highest BCUT2D eigenvalue weighted by molar-refractivity contribution is 6.36. The van der Waals surface area contributed by atoms with Gasteiger partial charge in [-0.05, 0) is 42.5 Å². The van der Waals surface area contributed by atoms with Gasteiger partial charge in [-0.25, -0.2) is 9.29 Å². The number of nitrogens with one attached hydrogen (secondary N) is 1. The minimum atomic E-state index is -0.568. The smallest absolute Gasteiger partial charge is 0.268 e. The summed E-state index contributed by atoms with van der Waals surface area (Å²) in [6.45, 7) is 0. The van der Waals surface area contributed by atoms with Gasteiger partial charge in [0.05, 0.1) is 22.5 Å². The fourth-order valence-corrected chi connectivity index (χ4v) is 3.03. The first kappa shape index (κ1) is 16.7. The zero-order valence-corrected chi connectivity index (χ0v) is 14.0. The summed E-state index contributed by atoms with van der Waals surface area (Å²) in [5, 5.41) is 2.60. The second-order valence-corrected chi connectivity index (χ2v) is 5.97. The molecule has 0 unspecified atom stereocenters. The van der Waals surface area contributed by atoms with Crippen LogP contribution in [0.3, 0.4) is 0 Å². The Kier molecular flexibility index (Phi) is 4.01. The first-order valence-corrected chi connectivity index (χ1v) is 8.20. The Morgan fingerprint density at radius 1 is 0.852 bits per heavy atom. The summed E-state index contributed by atoms with van der Waals surface area (Å²) in [7, 11) is 0. The summed E-state index contributed by atoms with van der Waals surface area (Å²) >= 11 is 0. The van der Waals surface area contributed by atoms with E-state index in [-0.39, 0.29) is 22.4 Å². The molecule has 0 aromatic heterocycles. The molecule has 3 amide bonds. The number of hydrogen-bond donors (Lipinski definition) is 1. The molecule has 1 aliphatic rings. The Morgan fingerprint density at radius 2 is 1.59 bits per heavy atom.